The van der Waals surface area contributed by atoms with Gasteiger partial charge in [-0.3, -0.25) is 24.6 Å². The highest BCUT2D eigenvalue weighted by molar-refractivity contribution is 6.01. The fourth-order valence-electron chi connectivity index (χ4n) is 8.59. The molecule has 3 aromatic heterocycles. The molecule has 52 heavy (non-hydrogen) atoms. The van der Waals surface area contributed by atoms with E-state index in [1.54, 1.807) is 25.2 Å². The SMILES string of the molecule is CN(C)C(=O)c1cc2cnc(Nc3ccc(N4CCC(N5CC(F)(Cc6cccc(C7CCC(=O)NC7=O)c6)C5)CC4)cn3)nc2n1C1CCCC1. The molecule has 3 saturated heterocycles. The summed E-state index contributed by atoms with van der Waals surface area (Å²) in [6.07, 6.45) is 11.0. The first-order valence-electron chi connectivity index (χ1n) is 18.6. The summed E-state index contributed by atoms with van der Waals surface area (Å²) >= 11 is 0. The molecule has 12 nitrogen and oxygen atoms in total. The summed E-state index contributed by atoms with van der Waals surface area (Å²) in [5, 5.41) is 6.53. The summed E-state index contributed by atoms with van der Waals surface area (Å²) < 4.78 is 18.0. The molecule has 1 atom stereocenters. The van der Waals surface area contributed by atoms with Gasteiger partial charge in [-0.2, -0.15) is 4.98 Å². The number of nitrogens with one attached hydrogen (secondary N) is 2. The standard InChI is InChI=1S/C39H46FN9O3/c1-46(2)37(52)32-19-27-21-42-38(45-35(27)49(32)29-8-3-4-9-29)43-33-12-10-30(22-41-33)47-16-14-28(15-17-47)48-23-39(40,24-48)20-25-6-5-7-26(18-25)31-11-13-34(50)44-36(31)51/h5-7,10,12,18-19,21-22,28-29,31H,3-4,8-9,11,13-17,20,23-24H2,1-2H3,(H,44,50,51)(H,41,42,43,45). The summed E-state index contributed by atoms with van der Waals surface area (Å²) in [6, 6.07) is 14.1. The molecule has 0 spiro atoms. The summed E-state index contributed by atoms with van der Waals surface area (Å²) in [5.41, 5.74) is 2.91. The maximum atomic E-state index is 15.8. The number of amides is 3. The molecule has 1 unspecified atom stereocenters. The number of halogens is 1. The van der Waals surface area contributed by atoms with Crippen molar-refractivity contribution in [2.24, 2.45) is 0 Å². The van der Waals surface area contributed by atoms with Crippen LogP contribution in [-0.2, 0) is 16.0 Å². The van der Waals surface area contributed by atoms with E-state index >= 15 is 4.39 Å². The van der Waals surface area contributed by atoms with Crippen molar-refractivity contribution in [2.75, 3.05) is 50.5 Å². The van der Waals surface area contributed by atoms with E-state index in [2.05, 4.69) is 41.0 Å². The van der Waals surface area contributed by atoms with E-state index in [0.29, 0.717) is 55.9 Å². The van der Waals surface area contributed by atoms with E-state index in [-0.39, 0.29) is 29.7 Å². The molecular weight excluding hydrogens is 661 g/mol. The van der Waals surface area contributed by atoms with Crippen LogP contribution < -0.4 is 15.5 Å². The highest BCUT2D eigenvalue weighted by Crippen LogP contribution is 2.37. The van der Waals surface area contributed by atoms with Crippen LogP contribution in [0.4, 0.5) is 21.8 Å². The van der Waals surface area contributed by atoms with Crippen LogP contribution in [0.2, 0.25) is 0 Å². The fraction of sp³-hybridized carbons (Fsp3) is 0.487. The Hall–Kier alpha value is -4.91. The van der Waals surface area contributed by atoms with Crippen molar-refractivity contribution < 1.29 is 18.8 Å². The van der Waals surface area contributed by atoms with Crippen LogP contribution in [0.3, 0.4) is 0 Å². The second-order valence-corrected chi connectivity index (χ2v) is 15.2. The first-order chi connectivity index (χ1) is 25.1. The Labute approximate surface area is 302 Å². The van der Waals surface area contributed by atoms with Crippen molar-refractivity contribution in [3.05, 3.63) is 71.7 Å². The van der Waals surface area contributed by atoms with E-state index in [9.17, 15) is 14.4 Å². The third kappa shape index (κ3) is 6.85. The number of alkyl halides is 1. The number of pyridine rings is 1. The van der Waals surface area contributed by atoms with Gasteiger partial charge in [0.05, 0.1) is 17.8 Å². The zero-order chi connectivity index (χ0) is 36.0. The topological polar surface area (TPSA) is 129 Å². The van der Waals surface area contributed by atoms with Crippen molar-refractivity contribution >= 4 is 46.2 Å². The van der Waals surface area contributed by atoms with E-state index in [4.69, 9.17) is 4.98 Å². The van der Waals surface area contributed by atoms with Crippen LogP contribution in [0.1, 0.15) is 84.9 Å². The highest BCUT2D eigenvalue weighted by Gasteiger charge is 2.46. The number of imide groups is 1. The monoisotopic (exact) mass is 707 g/mol. The average molecular weight is 708 g/mol. The Bertz CT molecular complexity index is 1980. The van der Waals surface area contributed by atoms with Gasteiger partial charge in [0, 0.05) is 76.8 Å². The number of hydrogen-bond donors (Lipinski definition) is 2. The minimum atomic E-state index is -1.28. The number of nitrogens with zero attached hydrogens (tertiary/aromatic N) is 7. The minimum absolute atomic E-state index is 0.0346. The number of piperidine rings is 2. The van der Waals surface area contributed by atoms with Crippen LogP contribution >= 0.6 is 0 Å². The predicted octanol–water partition coefficient (Wildman–Crippen LogP) is 5.14. The molecule has 4 aromatic rings. The van der Waals surface area contributed by atoms with Crippen LogP contribution in [-0.4, -0.2) is 99.0 Å². The molecular formula is C39H46FN9O3. The van der Waals surface area contributed by atoms with Gasteiger partial charge < -0.3 is 19.7 Å². The zero-order valence-electron chi connectivity index (χ0n) is 29.9. The van der Waals surface area contributed by atoms with Gasteiger partial charge >= 0.3 is 0 Å². The van der Waals surface area contributed by atoms with Crippen LogP contribution in [0.15, 0.2) is 54.9 Å². The largest absolute Gasteiger partial charge is 0.370 e. The Morgan fingerprint density at radius 2 is 1.77 bits per heavy atom. The molecule has 272 valence electrons. The normalized spacial score (nSPS) is 21.3. The lowest BCUT2D eigenvalue weighted by Crippen LogP contribution is -2.64. The molecule has 3 aliphatic heterocycles. The molecule has 0 radical (unpaired) electrons. The molecule has 6 heterocycles. The molecule has 1 aromatic carbocycles. The molecule has 4 aliphatic rings. The number of aromatic nitrogens is 4. The first kappa shape index (κ1) is 34.2. The van der Waals surface area contributed by atoms with Crippen LogP contribution in [0.25, 0.3) is 11.0 Å². The second kappa shape index (κ2) is 13.9. The summed E-state index contributed by atoms with van der Waals surface area (Å²) in [5.74, 6) is 0.186. The van der Waals surface area contributed by atoms with E-state index < -0.39 is 5.67 Å². The molecule has 0 bridgehead atoms. The van der Waals surface area contributed by atoms with E-state index in [0.717, 1.165) is 79.5 Å². The van der Waals surface area contributed by atoms with E-state index in [1.807, 2.05) is 42.6 Å². The van der Waals surface area contributed by atoms with Crippen LogP contribution in [0, 0.1) is 0 Å². The Kier molecular flexibility index (Phi) is 9.14. The van der Waals surface area contributed by atoms with Gasteiger partial charge in [-0.15, -0.1) is 0 Å². The number of likely N-dealkylation sites (tertiary alicyclic amines) is 1. The summed E-state index contributed by atoms with van der Waals surface area (Å²) in [7, 11) is 3.55. The maximum Gasteiger partial charge on any atom is 0.270 e. The Balaban J connectivity index is 0.850. The Morgan fingerprint density at radius 1 is 0.981 bits per heavy atom. The number of fused-ring (bicyclic) bond motifs is 1. The highest BCUT2D eigenvalue weighted by atomic mass is 19.1. The molecule has 3 amide bonds. The minimum Gasteiger partial charge on any atom is -0.370 e. The van der Waals surface area contributed by atoms with Crippen LogP contribution in [0.5, 0.6) is 0 Å². The number of carbonyl (C=O) groups excluding carboxylic acids is 3. The van der Waals surface area contributed by atoms with Gasteiger partial charge in [0.2, 0.25) is 17.8 Å². The van der Waals surface area contributed by atoms with Crippen molar-refractivity contribution in [1.29, 1.82) is 0 Å². The number of carbonyl (C=O) groups is 3. The molecule has 8 rings (SSSR count). The van der Waals surface area contributed by atoms with Crippen molar-refractivity contribution in [1.82, 2.24) is 34.6 Å². The van der Waals surface area contributed by atoms with Gasteiger partial charge in [0.25, 0.3) is 5.91 Å². The van der Waals surface area contributed by atoms with Crippen molar-refractivity contribution in [3.8, 4) is 0 Å². The number of hydrogen-bond acceptors (Lipinski definition) is 9. The van der Waals surface area contributed by atoms with Gasteiger partial charge in [0.15, 0.2) is 0 Å². The van der Waals surface area contributed by atoms with Gasteiger partial charge in [-0.25, -0.2) is 14.4 Å². The zero-order valence-corrected chi connectivity index (χ0v) is 29.9. The third-order valence-electron chi connectivity index (χ3n) is 11.3. The summed E-state index contributed by atoms with van der Waals surface area (Å²) in [4.78, 5) is 57.2. The predicted molar refractivity (Wildman–Crippen MR) is 196 cm³/mol. The second-order valence-electron chi connectivity index (χ2n) is 15.2. The lowest BCUT2D eigenvalue weighted by atomic mass is 9.84. The van der Waals surface area contributed by atoms with Gasteiger partial charge in [-0.05, 0) is 61.4 Å². The average Bonchev–Trinajstić information content (AvgIpc) is 3.79. The van der Waals surface area contributed by atoms with Crippen molar-refractivity contribution in [3.63, 3.8) is 0 Å². The van der Waals surface area contributed by atoms with E-state index in [1.165, 1.54) is 0 Å². The van der Waals surface area contributed by atoms with Gasteiger partial charge in [-0.1, -0.05) is 37.1 Å². The third-order valence-corrected chi connectivity index (χ3v) is 11.3. The summed E-state index contributed by atoms with van der Waals surface area (Å²) in [6.45, 7) is 2.56. The smallest absolute Gasteiger partial charge is 0.270 e. The fourth-order valence-corrected chi connectivity index (χ4v) is 8.59. The lowest BCUT2D eigenvalue weighted by molar-refractivity contribution is -0.134. The van der Waals surface area contributed by atoms with Gasteiger partial charge in [0.1, 0.15) is 22.8 Å². The number of rotatable bonds is 9. The quantitative estimate of drug-likeness (QED) is 0.227. The number of anilines is 3. The molecule has 1 saturated carbocycles. The molecule has 2 N–H and O–H groups in total. The first-order valence-corrected chi connectivity index (χ1v) is 18.6. The maximum absolute atomic E-state index is 15.8. The molecule has 13 heteroatoms. The van der Waals surface area contributed by atoms with Crippen molar-refractivity contribution in [2.45, 2.75) is 81.5 Å². The number of benzene rings is 1. The molecule has 1 aliphatic carbocycles. The Morgan fingerprint density at radius 3 is 2.48 bits per heavy atom. The molecule has 4 fully saturated rings. The lowest BCUT2D eigenvalue weighted by Gasteiger charge is -2.50.